The number of carbonyl (C=O) groups excluding carboxylic acids is 1. The summed E-state index contributed by atoms with van der Waals surface area (Å²) in [5, 5.41) is 6.99. The summed E-state index contributed by atoms with van der Waals surface area (Å²) in [6.07, 6.45) is -0.345. The maximum atomic E-state index is 12.7. The Bertz CT molecular complexity index is 956. The van der Waals surface area contributed by atoms with Crippen molar-refractivity contribution < 1.29 is 18.0 Å². The van der Waals surface area contributed by atoms with Gasteiger partial charge in [0.1, 0.15) is 12.0 Å². The number of aromatic nitrogens is 4. The van der Waals surface area contributed by atoms with Crippen molar-refractivity contribution in [3.8, 4) is 0 Å². The lowest BCUT2D eigenvalue weighted by molar-refractivity contribution is -0.141. The first-order valence-corrected chi connectivity index (χ1v) is 9.65. The minimum absolute atomic E-state index is 0.0212. The van der Waals surface area contributed by atoms with Crippen molar-refractivity contribution in [1.82, 2.24) is 19.6 Å². The molecule has 0 fully saturated rings. The Morgan fingerprint density at radius 1 is 1.25 bits per heavy atom. The minimum atomic E-state index is -4.55. The van der Waals surface area contributed by atoms with Crippen LogP contribution in [0, 0.1) is 0 Å². The average molecular weight is 409 g/mol. The fraction of sp³-hybridized carbons (Fsp3) is 0.333. The third kappa shape index (κ3) is 5.22. The zero-order valence-corrected chi connectivity index (χ0v) is 15.8. The lowest BCUT2D eigenvalue weighted by Gasteiger charge is -2.05. The molecular weight excluding hydrogens is 391 g/mol. The summed E-state index contributed by atoms with van der Waals surface area (Å²) in [4.78, 5) is 19.4. The van der Waals surface area contributed by atoms with Gasteiger partial charge in [0.05, 0.1) is 5.75 Å². The molecule has 0 saturated heterocycles. The van der Waals surface area contributed by atoms with Gasteiger partial charge in [-0.1, -0.05) is 37.2 Å². The largest absolute Gasteiger partial charge is 0.433 e. The van der Waals surface area contributed by atoms with E-state index in [1.807, 2.05) is 24.3 Å². The summed E-state index contributed by atoms with van der Waals surface area (Å²) in [6, 6.07) is 8.47. The van der Waals surface area contributed by atoms with Crippen molar-refractivity contribution in [1.29, 1.82) is 0 Å². The maximum Gasteiger partial charge on any atom is 0.433 e. The third-order valence-corrected chi connectivity index (χ3v) is 4.73. The topological polar surface area (TPSA) is 72.2 Å². The van der Waals surface area contributed by atoms with Gasteiger partial charge in [-0.3, -0.25) is 4.79 Å². The molecule has 28 heavy (non-hydrogen) atoms. The van der Waals surface area contributed by atoms with E-state index in [0.29, 0.717) is 5.69 Å². The van der Waals surface area contributed by atoms with Crippen molar-refractivity contribution in [2.45, 2.75) is 37.5 Å². The van der Waals surface area contributed by atoms with Crippen LogP contribution in [0.1, 0.15) is 31.0 Å². The van der Waals surface area contributed by atoms with Crippen LogP contribution in [0.5, 0.6) is 0 Å². The van der Waals surface area contributed by atoms with Crippen LogP contribution in [-0.4, -0.2) is 31.2 Å². The van der Waals surface area contributed by atoms with Crippen molar-refractivity contribution in [3.63, 3.8) is 0 Å². The molecule has 2 heterocycles. The Labute approximate surface area is 163 Å². The first kappa shape index (κ1) is 20.1. The average Bonchev–Trinajstić information content (AvgIpc) is 3.07. The smallest absolute Gasteiger partial charge is 0.325 e. The van der Waals surface area contributed by atoms with Crippen molar-refractivity contribution >= 4 is 29.0 Å². The lowest BCUT2D eigenvalue weighted by atomic mass is 10.1. The Morgan fingerprint density at radius 2 is 2.00 bits per heavy atom. The van der Waals surface area contributed by atoms with Gasteiger partial charge in [0.15, 0.2) is 5.65 Å². The summed E-state index contributed by atoms with van der Waals surface area (Å²) in [7, 11) is 0. The van der Waals surface area contributed by atoms with Crippen LogP contribution in [-0.2, 0) is 17.4 Å². The first-order valence-electron chi connectivity index (χ1n) is 8.66. The van der Waals surface area contributed by atoms with Crippen LogP contribution >= 0.6 is 11.8 Å². The van der Waals surface area contributed by atoms with Crippen LogP contribution in [0.2, 0.25) is 0 Å². The molecule has 148 valence electrons. The van der Waals surface area contributed by atoms with Gasteiger partial charge < -0.3 is 5.32 Å². The molecule has 10 heteroatoms. The van der Waals surface area contributed by atoms with Gasteiger partial charge in [-0.25, -0.2) is 14.5 Å². The van der Waals surface area contributed by atoms with E-state index in [1.165, 1.54) is 5.56 Å². The number of alkyl halides is 3. The third-order valence-electron chi connectivity index (χ3n) is 3.89. The van der Waals surface area contributed by atoms with E-state index in [0.717, 1.165) is 47.9 Å². The molecule has 3 rings (SSSR count). The number of amides is 1. The second-order valence-electron chi connectivity index (χ2n) is 6.11. The Hall–Kier alpha value is -2.62. The highest BCUT2D eigenvalue weighted by atomic mass is 32.2. The standard InChI is InChI=1S/C18H18F3N5OS/c1-2-3-4-12-5-7-13(8-6-12)23-16(27)10-28-17-24-15-9-14(18(19,20)21)22-11-26(15)25-17/h5-9,11H,2-4,10H2,1H3,(H,23,27). The summed E-state index contributed by atoms with van der Waals surface area (Å²) in [5.41, 5.74) is 0.889. The number of hydrogen-bond acceptors (Lipinski definition) is 5. The predicted molar refractivity (Wildman–Crippen MR) is 100 cm³/mol. The SMILES string of the molecule is CCCCc1ccc(NC(=O)CSc2nc3cc(C(F)(F)F)ncn3n2)cc1. The zero-order chi connectivity index (χ0) is 20.1. The molecule has 0 aliphatic rings. The number of fused-ring (bicyclic) bond motifs is 1. The molecule has 0 saturated carbocycles. The summed E-state index contributed by atoms with van der Waals surface area (Å²) >= 11 is 1.04. The molecule has 3 aromatic rings. The molecule has 2 aromatic heterocycles. The van der Waals surface area contributed by atoms with Crippen LogP contribution < -0.4 is 5.32 Å². The van der Waals surface area contributed by atoms with E-state index in [9.17, 15) is 18.0 Å². The Balaban J connectivity index is 1.57. The van der Waals surface area contributed by atoms with Gasteiger partial charge in [0.25, 0.3) is 0 Å². The molecule has 0 spiro atoms. The van der Waals surface area contributed by atoms with E-state index in [-0.39, 0.29) is 22.5 Å². The van der Waals surface area contributed by atoms with E-state index >= 15 is 0 Å². The fourth-order valence-electron chi connectivity index (χ4n) is 2.45. The number of benzene rings is 1. The number of nitrogens with one attached hydrogen (secondary N) is 1. The summed E-state index contributed by atoms with van der Waals surface area (Å²) in [6.45, 7) is 2.13. The summed E-state index contributed by atoms with van der Waals surface area (Å²) < 4.78 is 39.2. The highest BCUT2D eigenvalue weighted by molar-refractivity contribution is 7.99. The van der Waals surface area contributed by atoms with Gasteiger partial charge in [0.2, 0.25) is 11.1 Å². The number of rotatable bonds is 7. The van der Waals surface area contributed by atoms with Crippen molar-refractivity contribution in [3.05, 3.63) is 47.9 Å². The van der Waals surface area contributed by atoms with Crippen molar-refractivity contribution in [2.24, 2.45) is 0 Å². The molecule has 0 unspecified atom stereocenters. The second-order valence-corrected chi connectivity index (χ2v) is 7.05. The molecule has 1 aromatic carbocycles. The molecular formula is C18H18F3N5OS. The maximum absolute atomic E-state index is 12.7. The number of anilines is 1. The van der Waals surface area contributed by atoms with Crippen LogP contribution in [0.4, 0.5) is 18.9 Å². The highest BCUT2D eigenvalue weighted by Gasteiger charge is 2.33. The minimum Gasteiger partial charge on any atom is -0.325 e. The van der Waals surface area contributed by atoms with Gasteiger partial charge >= 0.3 is 6.18 Å². The number of aryl methyl sites for hydroxylation is 1. The number of nitrogens with zero attached hydrogens (tertiary/aromatic N) is 4. The number of carbonyl (C=O) groups is 1. The van der Waals surface area contributed by atoms with E-state index in [1.54, 1.807) is 0 Å². The molecule has 6 nitrogen and oxygen atoms in total. The molecule has 0 radical (unpaired) electrons. The first-order chi connectivity index (χ1) is 13.3. The van der Waals surface area contributed by atoms with Gasteiger partial charge in [-0.15, -0.1) is 5.10 Å². The van der Waals surface area contributed by atoms with Gasteiger partial charge in [-0.2, -0.15) is 13.2 Å². The number of unbranched alkanes of at least 4 members (excludes halogenated alkanes) is 1. The van der Waals surface area contributed by atoms with E-state index in [2.05, 4.69) is 27.3 Å². The monoisotopic (exact) mass is 409 g/mol. The van der Waals surface area contributed by atoms with Crippen LogP contribution in [0.25, 0.3) is 5.65 Å². The molecule has 1 amide bonds. The normalized spacial score (nSPS) is 11.7. The van der Waals surface area contributed by atoms with Gasteiger partial charge in [-0.05, 0) is 30.5 Å². The Morgan fingerprint density at radius 3 is 2.68 bits per heavy atom. The molecule has 0 bridgehead atoms. The fourth-order valence-corrected chi connectivity index (χ4v) is 3.09. The number of thioether (sulfide) groups is 1. The molecule has 0 atom stereocenters. The van der Waals surface area contributed by atoms with Crippen molar-refractivity contribution in [2.75, 3.05) is 11.1 Å². The lowest BCUT2D eigenvalue weighted by Crippen LogP contribution is -2.14. The summed E-state index contributed by atoms with van der Waals surface area (Å²) in [5.74, 6) is -0.215. The van der Waals surface area contributed by atoms with E-state index < -0.39 is 11.9 Å². The molecule has 1 N–H and O–H groups in total. The number of halogens is 3. The number of hydrogen-bond donors (Lipinski definition) is 1. The predicted octanol–water partition coefficient (Wildman–Crippen LogP) is 4.22. The van der Waals surface area contributed by atoms with Gasteiger partial charge in [0, 0.05) is 11.8 Å². The van der Waals surface area contributed by atoms with Crippen LogP contribution in [0.3, 0.4) is 0 Å². The molecule has 0 aliphatic heterocycles. The Kier molecular flexibility index (Phi) is 6.18. The second kappa shape index (κ2) is 8.59. The molecule has 0 aliphatic carbocycles. The zero-order valence-electron chi connectivity index (χ0n) is 15.0. The quantitative estimate of drug-likeness (QED) is 0.592. The highest BCUT2D eigenvalue weighted by Crippen LogP contribution is 2.28. The van der Waals surface area contributed by atoms with Crippen LogP contribution in [0.15, 0.2) is 41.8 Å². The van der Waals surface area contributed by atoms with E-state index in [4.69, 9.17) is 0 Å².